The van der Waals surface area contributed by atoms with Gasteiger partial charge in [0.25, 0.3) is 0 Å². The number of hydrogen-bond acceptors (Lipinski definition) is 3. The fourth-order valence-corrected chi connectivity index (χ4v) is 3.46. The molecule has 2 N–H and O–H groups in total. The van der Waals surface area contributed by atoms with Crippen LogP contribution in [-0.2, 0) is 14.3 Å². The van der Waals surface area contributed by atoms with Crippen molar-refractivity contribution in [3.8, 4) is 0 Å². The molecule has 0 bridgehead atoms. The maximum absolute atomic E-state index is 11.5. The van der Waals surface area contributed by atoms with Crippen LogP contribution in [-0.4, -0.2) is 18.0 Å². The summed E-state index contributed by atoms with van der Waals surface area (Å²) in [5.41, 5.74) is 5.96. The van der Waals surface area contributed by atoms with Crippen molar-refractivity contribution in [3.63, 3.8) is 0 Å². The number of ether oxygens (including phenoxy) is 1. The van der Waals surface area contributed by atoms with E-state index in [9.17, 15) is 9.59 Å². The molecule has 1 saturated heterocycles. The van der Waals surface area contributed by atoms with Crippen molar-refractivity contribution in [3.05, 3.63) is 11.6 Å². The van der Waals surface area contributed by atoms with Crippen LogP contribution in [0.3, 0.4) is 0 Å². The predicted octanol–water partition coefficient (Wildman–Crippen LogP) is 5.59. The molecule has 4 nitrogen and oxygen atoms in total. The first-order valence-corrected chi connectivity index (χ1v) is 10.8. The first-order chi connectivity index (χ1) is 12.6. The monoisotopic (exact) mass is 365 g/mol. The Balaban J connectivity index is 1.96. The number of unbranched alkanes of at least 4 members (excludes halogenated alkanes) is 12. The Morgan fingerprint density at radius 1 is 0.923 bits per heavy atom. The molecule has 1 aliphatic heterocycles. The maximum Gasteiger partial charge on any atom is 0.338 e. The average Bonchev–Trinajstić information content (AvgIpc) is 2.61. The van der Waals surface area contributed by atoms with Gasteiger partial charge in [-0.15, -0.1) is 0 Å². The molecule has 1 rings (SSSR count). The van der Waals surface area contributed by atoms with Gasteiger partial charge in [0.1, 0.15) is 6.10 Å². The summed E-state index contributed by atoms with van der Waals surface area (Å²) in [6, 6.07) is 0. The summed E-state index contributed by atoms with van der Waals surface area (Å²) in [6.07, 6.45) is 20.5. The highest BCUT2D eigenvalue weighted by Crippen LogP contribution is 2.27. The Hall–Kier alpha value is -1.32. The van der Waals surface area contributed by atoms with Gasteiger partial charge in [0.15, 0.2) is 0 Å². The minimum atomic E-state index is -0.255. The molecule has 1 unspecified atom stereocenters. The zero-order valence-corrected chi connectivity index (χ0v) is 16.8. The van der Waals surface area contributed by atoms with E-state index in [1.54, 1.807) is 0 Å². The van der Waals surface area contributed by atoms with Gasteiger partial charge < -0.3 is 10.5 Å². The smallest absolute Gasteiger partial charge is 0.338 e. The Labute approximate surface area is 159 Å². The van der Waals surface area contributed by atoms with E-state index in [0.29, 0.717) is 6.42 Å². The summed E-state index contributed by atoms with van der Waals surface area (Å²) in [6.45, 7) is 2.26. The SMILES string of the molecule is CCCCCCCCCCCCCC1OC(=O)/C1=C/CCCCC(N)=O. The molecule has 150 valence electrons. The molecule has 4 heteroatoms. The molecule has 0 saturated carbocycles. The van der Waals surface area contributed by atoms with Crippen molar-refractivity contribution < 1.29 is 14.3 Å². The summed E-state index contributed by atoms with van der Waals surface area (Å²) in [5, 5.41) is 0. The highest BCUT2D eigenvalue weighted by atomic mass is 16.6. The molecule has 1 atom stereocenters. The predicted molar refractivity (Wildman–Crippen MR) is 107 cm³/mol. The molecule has 1 amide bonds. The number of cyclic esters (lactones) is 1. The standard InChI is InChI=1S/C22H39NO3/c1-2-3-4-5-6-7-8-9-10-11-14-17-20-19(22(25)26-20)16-13-12-15-18-21(23)24/h16,20H,2-15,17-18H2,1H3,(H2,23,24)/b19-16+. The molecular formula is C22H39NO3. The second-order valence-electron chi connectivity index (χ2n) is 7.59. The molecule has 1 fully saturated rings. The number of esters is 1. The first-order valence-electron chi connectivity index (χ1n) is 10.8. The van der Waals surface area contributed by atoms with Gasteiger partial charge >= 0.3 is 5.97 Å². The maximum atomic E-state index is 11.5. The number of allylic oxidation sites excluding steroid dienone is 1. The second-order valence-corrected chi connectivity index (χ2v) is 7.59. The lowest BCUT2D eigenvalue weighted by Crippen LogP contribution is -2.36. The van der Waals surface area contributed by atoms with Gasteiger partial charge in [-0.05, 0) is 32.1 Å². The van der Waals surface area contributed by atoms with Gasteiger partial charge in [0.2, 0.25) is 5.91 Å². The molecule has 0 aromatic heterocycles. The van der Waals surface area contributed by atoms with E-state index in [1.165, 1.54) is 64.2 Å². The normalized spacial score (nSPS) is 18.0. The van der Waals surface area contributed by atoms with E-state index in [2.05, 4.69) is 6.92 Å². The minimum absolute atomic E-state index is 0.0113. The van der Waals surface area contributed by atoms with E-state index in [4.69, 9.17) is 10.5 Å². The topological polar surface area (TPSA) is 69.4 Å². The Morgan fingerprint density at radius 3 is 2.04 bits per heavy atom. The third-order valence-electron chi connectivity index (χ3n) is 5.14. The van der Waals surface area contributed by atoms with E-state index in [1.807, 2.05) is 6.08 Å². The van der Waals surface area contributed by atoms with Crippen LogP contribution in [0.25, 0.3) is 0 Å². The number of nitrogens with two attached hydrogens (primary N) is 1. The van der Waals surface area contributed by atoms with E-state index in [0.717, 1.165) is 37.7 Å². The average molecular weight is 366 g/mol. The van der Waals surface area contributed by atoms with Crippen molar-refractivity contribution in [2.45, 2.75) is 116 Å². The first kappa shape index (κ1) is 22.7. The summed E-state index contributed by atoms with van der Waals surface area (Å²) in [4.78, 5) is 22.2. The van der Waals surface area contributed by atoms with Crippen LogP contribution >= 0.6 is 0 Å². The molecular weight excluding hydrogens is 326 g/mol. The van der Waals surface area contributed by atoms with Gasteiger partial charge in [0.05, 0.1) is 5.57 Å². The number of primary amides is 1. The van der Waals surface area contributed by atoms with E-state index >= 15 is 0 Å². The van der Waals surface area contributed by atoms with Crippen molar-refractivity contribution in [1.82, 2.24) is 0 Å². The number of rotatable bonds is 17. The van der Waals surface area contributed by atoms with Gasteiger partial charge in [-0.1, -0.05) is 77.2 Å². The highest BCUT2D eigenvalue weighted by molar-refractivity contribution is 5.95. The molecule has 0 aliphatic carbocycles. The molecule has 1 heterocycles. The summed E-state index contributed by atoms with van der Waals surface area (Å²) >= 11 is 0. The van der Waals surface area contributed by atoms with Crippen LogP contribution in [0.2, 0.25) is 0 Å². The van der Waals surface area contributed by atoms with Gasteiger partial charge in [-0.2, -0.15) is 0 Å². The number of carbonyl (C=O) groups excluding carboxylic acids is 2. The van der Waals surface area contributed by atoms with E-state index in [-0.39, 0.29) is 18.0 Å². The van der Waals surface area contributed by atoms with Gasteiger partial charge in [0, 0.05) is 6.42 Å². The fourth-order valence-electron chi connectivity index (χ4n) is 3.46. The molecule has 0 spiro atoms. The lowest BCUT2D eigenvalue weighted by Gasteiger charge is -2.29. The Morgan fingerprint density at radius 2 is 1.50 bits per heavy atom. The highest BCUT2D eigenvalue weighted by Gasteiger charge is 2.34. The van der Waals surface area contributed by atoms with Crippen LogP contribution in [0.5, 0.6) is 0 Å². The van der Waals surface area contributed by atoms with Gasteiger partial charge in [-0.25, -0.2) is 4.79 Å². The molecule has 0 radical (unpaired) electrons. The second kappa shape index (κ2) is 14.8. The van der Waals surface area contributed by atoms with Crippen molar-refractivity contribution in [2.75, 3.05) is 0 Å². The molecule has 0 aromatic carbocycles. The summed E-state index contributed by atoms with van der Waals surface area (Å²) < 4.78 is 5.26. The van der Waals surface area contributed by atoms with Crippen molar-refractivity contribution in [1.29, 1.82) is 0 Å². The number of amides is 1. The number of carbonyl (C=O) groups is 2. The summed E-state index contributed by atoms with van der Waals surface area (Å²) in [7, 11) is 0. The molecule has 1 aliphatic rings. The Kier molecular flexibility index (Phi) is 12.9. The van der Waals surface area contributed by atoms with Gasteiger partial charge in [-0.3, -0.25) is 4.79 Å². The molecule has 0 aromatic rings. The third-order valence-corrected chi connectivity index (χ3v) is 5.14. The molecule has 26 heavy (non-hydrogen) atoms. The van der Waals surface area contributed by atoms with Crippen LogP contribution in [0, 0.1) is 0 Å². The zero-order valence-electron chi connectivity index (χ0n) is 16.8. The summed E-state index contributed by atoms with van der Waals surface area (Å²) in [5.74, 6) is -0.414. The van der Waals surface area contributed by atoms with Crippen LogP contribution in [0.15, 0.2) is 11.6 Å². The van der Waals surface area contributed by atoms with Crippen LogP contribution < -0.4 is 5.73 Å². The van der Waals surface area contributed by atoms with Crippen LogP contribution in [0.1, 0.15) is 110 Å². The van der Waals surface area contributed by atoms with Crippen molar-refractivity contribution in [2.24, 2.45) is 5.73 Å². The fraction of sp³-hybridized carbons (Fsp3) is 0.818. The number of hydrogen-bond donors (Lipinski definition) is 1. The Bertz CT molecular complexity index is 431. The van der Waals surface area contributed by atoms with Crippen molar-refractivity contribution >= 4 is 11.9 Å². The lowest BCUT2D eigenvalue weighted by atomic mass is 9.96. The largest absolute Gasteiger partial charge is 0.454 e. The quantitative estimate of drug-likeness (QED) is 0.208. The van der Waals surface area contributed by atoms with E-state index < -0.39 is 0 Å². The third kappa shape index (κ3) is 10.6. The lowest BCUT2D eigenvalue weighted by molar-refractivity contribution is -0.156. The van der Waals surface area contributed by atoms with Crippen LogP contribution in [0.4, 0.5) is 0 Å². The zero-order chi connectivity index (χ0) is 19.0. The minimum Gasteiger partial charge on any atom is -0.454 e.